The number of amidine groups is 1. The van der Waals surface area contributed by atoms with Crippen molar-refractivity contribution in [3.8, 4) is 0 Å². The van der Waals surface area contributed by atoms with Gasteiger partial charge in [-0.3, -0.25) is 0 Å². The Bertz CT molecular complexity index is 866. The van der Waals surface area contributed by atoms with Gasteiger partial charge in [0.05, 0.1) is 10.6 Å². The third-order valence-corrected chi connectivity index (χ3v) is 6.59. The number of piperidine rings is 1. The van der Waals surface area contributed by atoms with Crippen LogP contribution in [0.2, 0.25) is 0 Å². The molecule has 0 amide bonds. The molecule has 3 atom stereocenters. The first-order valence-corrected chi connectivity index (χ1v) is 10.8. The molecule has 2 heterocycles. The molecule has 12 heteroatoms. The van der Waals surface area contributed by atoms with Crippen molar-refractivity contribution in [2.75, 3.05) is 11.4 Å². The van der Waals surface area contributed by atoms with Crippen LogP contribution in [0.4, 0.5) is 42.1 Å². The number of benzene rings is 1. The van der Waals surface area contributed by atoms with E-state index < -0.39 is 42.7 Å². The van der Waals surface area contributed by atoms with Crippen molar-refractivity contribution in [1.82, 2.24) is 10.0 Å². The molecular formula is C19H21F7N4S. The molecule has 1 saturated heterocycles. The molecule has 2 aliphatic heterocycles. The molecule has 1 aromatic rings. The second-order valence-corrected chi connectivity index (χ2v) is 9.00. The zero-order valence-electron chi connectivity index (χ0n) is 16.4. The molecule has 0 aromatic heterocycles. The van der Waals surface area contributed by atoms with Crippen LogP contribution in [0.1, 0.15) is 32.6 Å². The third kappa shape index (κ3) is 4.89. The van der Waals surface area contributed by atoms with E-state index in [0.717, 1.165) is 42.7 Å². The molecule has 31 heavy (non-hydrogen) atoms. The number of nitrogens with zero attached hydrogens (tertiary/aromatic N) is 2. The predicted molar refractivity (Wildman–Crippen MR) is 104 cm³/mol. The Balaban J connectivity index is 1.64. The number of aliphatic imine (C=N–C) groups is 1. The van der Waals surface area contributed by atoms with E-state index in [-0.39, 0.29) is 30.3 Å². The minimum atomic E-state index is -4.70. The highest BCUT2D eigenvalue weighted by atomic mass is 32.2. The van der Waals surface area contributed by atoms with Crippen LogP contribution in [0.5, 0.6) is 0 Å². The quantitative estimate of drug-likeness (QED) is 0.462. The zero-order valence-corrected chi connectivity index (χ0v) is 17.3. The van der Waals surface area contributed by atoms with Crippen molar-refractivity contribution < 1.29 is 30.7 Å². The molecule has 4 nitrogen and oxygen atoms in total. The smallest absolute Gasteiger partial charge is 0.358 e. The van der Waals surface area contributed by atoms with Crippen LogP contribution in [-0.4, -0.2) is 42.9 Å². The fourth-order valence-corrected chi connectivity index (χ4v) is 4.76. The highest BCUT2D eigenvalue weighted by molar-refractivity contribution is 7.98. The molecule has 172 valence electrons. The predicted octanol–water partition coefficient (Wildman–Crippen LogP) is 5.32. The van der Waals surface area contributed by atoms with Gasteiger partial charge in [-0.05, 0) is 56.7 Å². The third-order valence-electron chi connectivity index (χ3n) is 5.75. The zero-order chi connectivity index (χ0) is 22.6. The van der Waals surface area contributed by atoms with E-state index in [1.54, 1.807) is 0 Å². The molecule has 1 aromatic carbocycles. The first-order valence-electron chi connectivity index (χ1n) is 9.94. The molecule has 0 bridgehead atoms. The second-order valence-electron chi connectivity index (χ2n) is 8.15. The van der Waals surface area contributed by atoms with Crippen molar-refractivity contribution in [2.24, 2.45) is 10.9 Å². The summed E-state index contributed by atoms with van der Waals surface area (Å²) in [6.45, 7) is 0.713. The number of halogens is 7. The fourth-order valence-electron chi connectivity index (χ4n) is 3.91. The molecular weight excluding hydrogens is 449 g/mol. The summed E-state index contributed by atoms with van der Waals surface area (Å²) in [5.41, 5.74) is 0.295. The van der Waals surface area contributed by atoms with Gasteiger partial charge in [-0.2, -0.15) is 26.3 Å². The topological polar surface area (TPSA) is 39.7 Å². The van der Waals surface area contributed by atoms with Crippen LogP contribution >= 0.6 is 11.9 Å². The average molecular weight is 470 g/mol. The standard InChI is InChI=1S/C19H21F7N4S/c1-9(18(21,22)23)27-12-4-5-30(15(8-12)19(24,25)26)13-6-11(20)7-14-16(13)28-17(29-31-14)10-2-3-10/h6-7,9-10,12,15,27H,2-5,8H2,1H3,(H,28,29)/t9-,12+,15-/m0/s1. The largest absolute Gasteiger partial charge is 0.408 e. The van der Waals surface area contributed by atoms with Crippen LogP contribution in [-0.2, 0) is 0 Å². The molecule has 1 saturated carbocycles. The SMILES string of the molecule is C[C@H](N[C@@H]1CCN(c2cc(F)cc3c2N=C(C2CC2)NS3)[C@H](C(F)(F)F)C1)C(F)(F)F. The summed E-state index contributed by atoms with van der Waals surface area (Å²) < 4.78 is 97.6. The van der Waals surface area contributed by atoms with Crippen LogP contribution < -0.4 is 14.9 Å². The van der Waals surface area contributed by atoms with Gasteiger partial charge in [0.15, 0.2) is 0 Å². The maximum atomic E-state index is 14.2. The number of hydrogen-bond acceptors (Lipinski definition) is 5. The van der Waals surface area contributed by atoms with Crippen molar-refractivity contribution >= 4 is 29.2 Å². The average Bonchev–Trinajstić information content (AvgIpc) is 3.51. The minimum absolute atomic E-state index is 0.0202. The molecule has 2 N–H and O–H groups in total. The molecule has 0 radical (unpaired) electrons. The Morgan fingerprint density at radius 3 is 2.48 bits per heavy atom. The van der Waals surface area contributed by atoms with Gasteiger partial charge in [0.1, 0.15) is 29.4 Å². The normalized spacial score (nSPS) is 25.5. The van der Waals surface area contributed by atoms with Crippen molar-refractivity contribution in [3.05, 3.63) is 17.9 Å². The summed E-state index contributed by atoms with van der Waals surface area (Å²) in [5, 5.41) is 2.27. The number of rotatable bonds is 4. The highest BCUT2D eigenvalue weighted by Gasteiger charge is 2.49. The van der Waals surface area contributed by atoms with E-state index in [4.69, 9.17) is 0 Å². The van der Waals surface area contributed by atoms with Gasteiger partial charge in [0, 0.05) is 18.5 Å². The number of nitrogens with one attached hydrogen (secondary N) is 2. The summed E-state index contributed by atoms with van der Waals surface area (Å²) in [6, 6.07) is -2.70. The summed E-state index contributed by atoms with van der Waals surface area (Å²) in [4.78, 5) is 5.91. The lowest BCUT2D eigenvalue weighted by molar-refractivity contribution is -0.162. The van der Waals surface area contributed by atoms with Crippen LogP contribution in [0.15, 0.2) is 22.0 Å². The van der Waals surface area contributed by atoms with E-state index in [9.17, 15) is 30.7 Å². The molecule has 3 aliphatic rings. The van der Waals surface area contributed by atoms with Crippen molar-refractivity contribution in [3.63, 3.8) is 0 Å². The molecule has 0 unspecified atom stereocenters. The maximum absolute atomic E-state index is 14.2. The van der Waals surface area contributed by atoms with Crippen molar-refractivity contribution in [2.45, 2.75) is 68.0 Å². The monoisotopic (exact) mass is 470 g/mol. The minimum Gasteiger partial charge on any atom is -0.358 e. The Morgan fingerprint density at radius 2 is 1.87 bits per heavy atom. The Kier molecular flexibility index (Phi) is 5.82. The molecule has 1 aliphatic carbocycles. The Labute approximate surface area is 178 Å². The fraction of sp³-hybridized carbons (Fsp3) is 0.632. The molecule has 0 spiro atoms. The van der Waals surface area contributed by atoms with E-state index in [1.165, 1.54) is 6.07 Å². The molecule has 2 fully saturated rings. The van der Waals surface area contributed by atoms with Gasteiger partial charge in [-0.15, -0.1) is 0 Å². The van der Waals surface area contributed by atoms with Crippen LogP contribution in [0.25, 0.3) is 0 Å². The van der Waals surface area contributed by atoms with Gasteiger partial charge in [0.2, 0.25) is 0 Å². The van der Waals surface area contributed by atoms with E-state index in [2.05, 4.69) is 15.0 Å². The highest BCUT2D eigenvalue weighted by Crippen LogP contribution is 2.46. The lowest BCUT2D eigenvalue weighted by atomic mass is 9.94. The van der Waals surface area contributed by atoms with Gasteiger partial charge in [-0.1, -0.05) is 0 Å². The van der Waals surface area contributed by atoms with Gasteiger partial charge < -0.3 is 14.9 Å². The van der Waals surface area contributed by atoms with Gasteiger partial charge in [-0.25, -0.2) is 9.38 Å². The number of anilines is 1. The number of fused-ring (bicyclic) bond motifs is 1. The Hall–Kier alpha value is -1.69. The lowest BCUT2D eigenvalue weighted by Gasteiger charge is -2.43. The lowest BCUT2D eigenvalue weighted by Crippen LogP contribution is -2.57. The van der Waals surface area contributed by atoms with Crippen LogP contribution in [0, 0.1) is 11.7 Å². The van der Waals surface area contributed by atoms with Gasteiger partial charge >= 0.3 is 12.4 Å². The number of alkyl halides is 6. The van der Waals surface area contributed by atoms with Crippen molar-refractivity contribution in [1.29, 1.82) is 0 Å². The summed E-state index contributed by atoms with van der Waals surface area (Å²) in [6.07, 6.45) is -7.91. The van der Waals surface area contributed by atoms with Gasteiger partial charge in [0.25, 0.3) is 0 Å². The summed E-state index contributed by atoms with van der Waals surface area (Å²) in [5.74, 6) is 0.181. The van der Waals surface area contributed by atoms with E-state index in [1.807, 2.05) is 0 Å². The second kappa shape index (κ2) is 8.02. The summed E-state index contributed by atoms with van der Waals surface area (Å²) in [7, 11) is 0. The summed E-state index contributed by atoms with van der Waals surface area (Å²) >= 11 is 1.11. The first kappa shape index (κ1) is 22.5. The Morgan fingerprint density at radius 1 is 1.16 bits per heavy atom. The maximum Gasteiger partial charge on any atom is 0.408 e. The van der Waals surface area contributed by atoms with E-state index >= 15 is 0 Å². The molecule has 4 rings (SSSR count). The number of hydrogen-bond donors (Lipinski definition) is 2. The first-order chi connectivity index (χ1) is 14.4. The van der Waals surface area contributed by atoms with E-state index in [0.29, 0.717) is 10.7 Å². The van der Waals surface area contributed by atoms with Crippen LogP contribution in [0.3, 0.4) is 0 Å².